The molecule has 0 saturated carbocycles. The molecule has 1 unspecified atom stereocenters. The molecular weight excluding hydrogens is 244 g/mol. The summed E-state index contributed by atoms with van der Waals surface area (Å²) in [5, 5.41) is 2.98. The highest BCUT2D eigenvalue weighted by molar-refractivity contribution is 5.68. The van der Waals surface area contributed by atoms with Gasteiger partial charge in [-0.05, 0) is 53.9 Å². The molecule has 1 saturated heterocycles. The predicted molar refractivity (Wildman–Crippen MR) is 75.0 cm³/mol. The third-order valence-corrected chi connectivity index (χ3v) is 3.12. The zero-order chi connectivity index (χ0) is 14.7. The molecule has 5 nitrogen and oxygen atoms in total. The van der Waals surface area contributed by atoms with Gasteiger partial charge < -0.3 is 20.5 Å². The van der Waals surface area contributed by atoms with Crippen LogP contribution in [0.1, 0.15) is 53.9 Å². The average molecular weight is 272 g/mol. The highest BCUT2D eigenvalue weighted by atomic mass is 16.6. The van der Waals surface area contributed by atoms with Crippen LogP contribution in [0.4, 0.5) is 4.79 Å². The Labute approximate surface area is 116 Å². The van der Waals surface area contributed by atoms with Crippen LogP contribution < -0.4 is 11.1 Å². The summed E-state index contributed by atoms with van der Waals surface area (Å²) in [6, 6.07) is 0. The van der Waals surface area contributed by atoms with E-state index < -0.39 is 5.60 Å². The van der Waals surface area contributed by atoms with Gasteiger partial charge in [0.25, 0.3) is 0 Å². The lowest BCUT2D eigenvalue weighted by atomic mass is 9.87. The van der Waals surface area contributed by atoms with Crippen molar-refractivity contribution in [2.75, 3.05) is 13.2 Å². The van der Waals surface area contributed by atoms with Gasteiger partial charge in [-0.25, -0.2) is 4.79 Å². The van der Waals surface area contributed by atoms with E-state index in [4.69, 9.17) is 15.2 Å². The normalized spacial score (nSPS) is 24.3. The first-order valence-corrected chi connectivity index (χ1v) is 6.89. The molecule has 1 heterocycles. The SMILES string of the molecule is CC(C)(N)CCC1(NC(=O)OC(C)(C)C)CCOC1. The molecule has 19 heavy (non-hydrogen) atoms. The lowest BCUT2D eigenvalue weighted by Gasteiger charge is -2.32. The number of carbonyl (C=O) groups is 1. The van der Waals surface area contributed by atoms with Crippen molar-refractivity contribution in [3.63, 3.8) is 0 Å². The second-order valence-corrected chi connectivity index (χ2v) is 7.20. The molecule has 0 aliphatic carbocycles. The van der Waals surface area contributed by atoms with Gasteiger partial charge in [-0.3, -0.25) is 0 Å². The lowest BCUT2D eigenvalue weighted by Crippen LogP contribution is -2.52. The summed E-state index contributed by atoms with van der Waals surface area (Å²) in [6.45, 7) is 10.7. The molecule has 3 N–H and O–H groups in total. The smallest absolute Gasteiger partial charge is 0.408 e. The van der Waals surface area contributed by atoms with Gasteiger partial charge in [-0.1, -0.05) is 0 Å². The van der Waals surface area contributed by atoms with Crippen LogP contribution in [0.2, 0.25) is 0 Å². The summed E-state index contributed by atoms with van der Waals surface area (Å²) in [6.07, 6.45) is 2.05. The first-order chi connectivity index (χ1) is 8.52. The average Bonchev–Trinajstić information content (AvgIpc) is 2.60. The minimum atomic E-state index is -0.488. The number of rotatable bonds is 4. The molecule has 1 aliphatic rings. The fraction of sp³-hybridized carbons (Fsp3) is 0.929. The predicted octanol–water partition coefficient (Wildman–Crippen LogP) is 2.19. The van der Waals surface area contributed by atoms with Gasteiger partial charge in [0.15, 0.2) is 0 Å². The molecule has 1 aliphatic heterocycles. The maximum Gasteiger partial charge on any atom is 0.408 e. The third kappa shape index (κ3) is 6.25. The van der Waals surface area contributed by atoms with E-state index in [1.54, 1.807) is 0 Å². The summed E-state index contributed by atoms with van der Waals surface area (Å²) in [4.78, 5) is 11.9. The zero-order valence-electron chi connectivity index (χ0n) is 12.8. The Morgan fingerprint density at radius 1 is 1.37 bits per heavy atom. The second-order valence-electron chi connectivity index (χ2n) is 7.20. The molecule has 0 aromatic rings. The summed E-state index contributed by atoms with van der Waals surface area (Å²) >= 11 is 0. The first kappa shape index (κ1) is 16.2. The Kier molecular flexibility index (Phi) is 4.85. The molecule has 0 aromatic carbocycles. The van der Waals surface area contributed by atoms with Crippen LogP contribution in [0.25, 0.3) is 0 Å². The number of nitrogens with one attached hydrogen (secondary N) is 1. The van der Waals surface area contributed by atoms with Gasteiger partial charge in [0.2, 0.25) is 0 Å². The molecule has 5 heteroatoms. The topological polar surface area (TPSA) is 73.6 Å². The first-order valence-electron chi connectivity index (χ1n) is 6.89. The van der Waals surface area contributed by atoms with E-state index in [1.165, 1.54) is 0 Å². The molecule has 0 bridgehead atoms. The summed E-state index contributed by atoms with van der Waals surface area (Å²) in [5.41, 5.74) is 4.95. The van der Waals surface area contributed by atoms with Crippen molar-refractivity contribution >= 4 is 6.09 Å². The minimum Gasteiger partial charge on any atom is -0.444 e. The van der Waals surface area contributed by atoms with Crippen LogP contribution >= 0.6 is 0 Å². The molecule has 0 aromatic heterocycles. The van der Waals surface area contributed by atoms with Gasteiger partial charge in [-0.15, -0.1) is 0 Å². The van der Waals surface area contributed by atoms with Gasteiger partial charge >= 0.3 is 6.09 Å². The van der Waals surface area contributed by atoms with Crippen molar-refractivity contribution in [1.82, 2.24) is 5.32 Å². The number of amides is 1. The van der Waals surface area contributed by atoms with Gasteiger partial charge in [0.1, 0.15) is 5.60 Å². The van der Waals surface area contributed by atoms with E-state index in [0.717, 1.165) is 19.3 Å². The van der Waals surface area contributed by atoms with E-state index in [2.05, 4.69) is 5.32 Å². The van der Waals surface area contributed by atoms with Crippen molar-refractivity contribution < 1.29 is 14.3 Å². The summed E-state index contributed by atoms with van der Waals surface area (Å²) in [5.74, 6) is 0. The second kappa shape index (κ2) is 5.67. The Morgan fingerprint density at radius 3 is 2.42 bits per heavy atom. The van der Waals surface area contributed by atoms with Crippen molar-refractivity contribution in [2.45, 2.75) is 70.6 Å². The Morgan fingerprint density at radius 2 is 2.00 bits per heavy atom. The van der Waals surface area contributed by atoms with Crippen LogP contribution in [-0.4, -0.2) is 36.0 Å². The fourth-order valence-corrected chi connectivity index (χ4v) is 2.05. The van der Waals surface area contributed by atoms with Gasteiger partial charge in [0, 0.05) is 12.1 Å². The van der Waals surface area contributed by atoms with Crippen molar-refractivity contribution in [3.8, 4) is 0 Å². The Bertz CT molecular complexity index is 310. The maximum absolute atomic E-state index is 11.9. The van der Waals surface area contributed by atoms with Crippen molar-refractivity contribution in [1.29, 1.82) is 0 Å². The van der Waals surface area contributed by atoms with Gasteiger partial charge in [-0.2, -0.15) is 0 Å². The van der Waals surface area contributed by atoms with E-state index in [-0.39, 0.29) is 17.2 Å². The molecular formula is C14H28N2O3. The monoisotopic (exact) mass is 272 g/mol. The molecule has 1 atom stereocenters. The van der Waals surface area contributed by atoms with Crippen LogP contribution in [-0.2, 0) is 9.47 Å². The van der Waals surface area contributed by atoms with E-state index in [1.807, 2.05) is 34.6 Å². The largest absolute Gasteiger partial charge is 0.444 e. The Hall–Kier alpha value is -0.810. The van der Waals surface area contributed by atoms with E-state index in [0.29, 0.717) is 13.2 Å². The maximum atomic E-state index is 11.9. The van der Waals surface area contributed by atoms with Crippen molar-refractivity contribution in [2.24, 2.45) is 5.73 Å². The molecule has 0 spiro atoms. The van der Waals surface area contributed by atoms with Crippen molar-refractivity contribution in [3.05, 3.63) is 0 Å². The quantitative estimate of drug-likeness (QED) is 0.822. The summed E-state index contributed by atoms with van der Waals surface area (Å²) in [7, 11) is 0. The third-order valence-electron chi connectivity index (χ3n) is 3.12. The molecule has 0 radical (unpaired) electrons. The van der Waals surface area contributed by atoms with Crippen LogP contribution in [0.15, 0.2) is 0 Å². The number of hydrogen-bond donors (Lipinski definition) is 2. The number of alkyl carbamates (subject to hydrolysis) is 1. The van der Waals surface area contributed by atoms with Crippen LogP contribution in [0.5, 0.6) is 0 Å². The highest BCUT2D eigenvalue weighted by Crippen LogP contribution is 2.27. The zero-order valence-corrected chi connectivity index (χ0v) is 12.8. The highest BCUT2D eigenvalue weighted by Gasteiger charge is 2.38. The van der Waals surface area contributed by atoms with E-state index in [9.17, 15) is 4.79 Å². The molecule has 1 amide bonds. The number of carbonyl (C=O) groups excluding carboxylic acids is 1. The van der Waals surface area contributed by atoms with Gasteiger partial charge in [0.05, 0.1) is 12.1 Å². The number of hydrogen-bond acceptors (Lipinski definition) is 4. The molecule has 112 valence electrons. The number of ether oxygens (including phenoxy) is 2. The lowest BCUT2D eigenvalue weighted by molar-refractivity contribution is 0.0427. The Balaban J connectivity index is 2.59. The molecule has 1 rings (SSSR count). The fourth-order valence-electron chi connectivity index (χ4n) is 2.05. The number of nitrogens with two attached hydrogens (primary N) is 1. The minimum absolute atomic E-state index is 0.245. The van der Waals surface area contributed by atoms with Crippen LogP contribution in [0, 0.1) is 0 Å². The van der Waals surface area contributed by atoms with Crippen LogP contribution in [0.3, 0.4) is 0 Å². The van der Waals surface area contributed by atoms with E-state index >= 15 is 0 Å². The summed E-state index contributed by atoms with van der Waals surface area (Å²) < 4.78 is 10.8. The molecule has 1 fully saturated rings. The standard InChI is InChI=1S/C14H28N2O3/c1-12(2,3)19-11(17)16-14(8-9-18-10-14)7-6-13(4,5)15/h6-10,15H2,1-5H3,(H,16,17).